The zero-order valence-corrected chi connectivity index (χ0v) is 18.5. The van der Waals surface area contributed by atoms with Crippen LogP contribution in [0.1, 0.15) is 18.4 Å². The number of hydrogen-bond acceptors (Lipinski definition) is 7. The zero-order valence-electron chi connectivity index (χ0n) is 18.5. The second kappa shape index (κ2) is 13.7. The maximum Gasteiger partial charge on any atom is 0.290 e. The lowest BCUT2D eigenvalue weighted by Crippen LogP contribution is -2.57. The van der Waals surface area contributed by atoms with E-state index in [-0.39, 0.29) is 18.9 Å². The van der Waals surface area contributed by atoms with E-state index in [1.807, 2.05) is 25.2 Å². The topological polar surface area (TPSA) is 146 Å². The minimum Gasteiger partial charge on any atom is -0.497 e. The molecule has 0 aliphatic carbocycles. The molecular weight excluding hydrogens is 418 g/mol. The monoisotopic (exact) mass is 449 g/mol. The van der Waals surface area contributed by atoms with E-state index in [1.165, 1.54) is 5.56 Å². The first-order valence-electron chi connectivity index (χ1n) is 9.89. The third kappa shape index (κ3) is 7.58. The third-order valence-corrected chi connectivity index (χ3v) is 5.10. The highest BCUT2D eigenvalue weighted by atomic mass is 16.5. The number of likely N-dealkylation sites (tertiary alicyclic amines) is 1. The molecule has 4 N–H and O–H groups in total. The molecule has 1 fully saturated rings. The lowest BCUT2D eigenvalue weighted by molar-refractivity contribution is -0.126. The van der Waals surface area contributed by atoms with Crippen LogP contribution in [0.5, 0.6) is 5.75 Å². The summed E-state index contributed by atoms with van der Waals surface area (Å²) in [5, 5.41) is 24.2. The predicted molar refractivity (Wildman–Crippen MR) is 119 cm³/mol. The molecule has 3 rings (SSSR count). The average Bonchev–Trinajstić information content (AvgIpc) is 3.20. The maximum absolute atomic E-state index is 12.6. The standard InChI is InChI=1S/C19H27N5O2.2CH2O2/c1-20-18(25)19(22-17-7-10-21-23(17)2)8-11-24(12-9-19)14-15-5-4-6-16(13-15)26-3;2*2-1-3/h4-7,10,13,22H,8-9,11-12,14H2,1-3H3,(H,20,25);2*1H,(H,2,3). The summed E-state index contributed by atoms with van der Waals surface area (Å²) < 4.78 is 7.06. The molecule has 0 spiro atoms. The number of nitrogens with one attached hydrogen (secondary N) is 2. The zero-order chi connectivity index (χ0) is 24.0. The van der Waals surface area contributed by atoms with Gasteiger partial charge in [0.1, 0.15) is 17.1 Å². The largest absolute Gasteiger partial charge is 0.497 e. The first-order chi connectivity index (χ1) is 15.4. The summed E-state index contributed by atoms with van der Waals surface area (Å²) >= 11 is 0. The number of benzene rings is 1. The molecule has 2 aromatic rings. The number of hydrogen-bond donors (Lipinski definition) is 4. The van der Waals surface area contributed by atoms with Crippen molar-refractivity contribution in [3.05, 3.63) is 42.1 Å². The van der Waals surface area contributed by atoms with E-state index >= 15 is 0 Å². The van der Waals surface area contributed by atoms with Crippen LogP contribution in [0.15, 0.2) is 36.5 Å². The minimum absolute atomic E-state index is 0.0275. The van der Waals surface area contributed by atoms with Gasteiger partial charge in [0, 0.05) is 39.8 Å². The van der Waals surface area contributed by atoms with Gasteiger partial charge in [-0.25, -0.2) is 0 Å². The number of carbonyl (C=O) groups excluding carboxylic acids is 1. The van der Waals surface area contributed by atoms with Crippen molar-refractivity contribution in [1.82, 2.24) is 20.0 Å². The molecule has 0 radical (unpaired) electrons. The number of aryl methyl sites for hydroxylation is 1. The molecule has 0 saturated carbocycles. The van der Waals surface area contributed by atoms with Gasteiger partial charge in [-0.15, -0.1) is 0 Å². The number of nitrogens with zero attached hydrogens (tertiary/aromatic N) is 3. The number of anilines is 1. The molecule has 1 aromatic carbocycles. The Hall–Kier alpha value is -3.60. The van der Waals surface area contributed by atoms with E-state index in [9.17, 15) is 4.79 Å². The van der Waals surface area contributed by atoms with Gasteiger partial charge in [0.05, 0.1) is 13.3 Å². The molecule has 11 nitrogen and oxygen atoms in total. The average molecular weight is 450 g/mol. The first kappa shape index (κ1) is 26.4. The number of ether oxygens (including phenoxy) is 1. The molecule has 2 heterocycles. The lowest BCUT2D eigenvalue weighted by atomic mass is 9.86. The van der Waals surface area contributed by atoms with Gasteiger partial charge in [-0.2, -0.15) is 5.10 Å². The number of carboxylic acid groups (broad SMARTS) is 2. The third-order valence-electron chi connectivity index (χ3n) is 5.10. The van der Waals surface area contributed by atoms with Crippen LogP contribution in [-0.4, -0.2) is 76.5 Å². The molecule has 1 aliphatic heterocycles. The highest BCUT2D eigenvalue weighted by Gasteiger charge is 2.41. The first-order valence-corrected chi connectivity index (χ1v) is 9.89. The summed E-state index contributed by atoms with van der Waals surface area (Å²) in [5.41, 5.74) is 0.615. The van der Waals surface area contributed by atoms with E-state index in [1.54, 1.807) is 25.0 Å². The van der Waals surface area contributed by atoms with Crippen LogP contribution in [0.3, 0.4) is 0 Å². The van der Waals surface area contributed by atoms with Crippen molar-refractivity contribution in [2.45, 2.75) is 24.9 Å². The van der Waals surface area contributed by atoms with E-state index in [2.05, 4.69) is 32.8 Å². The van der Waals surface area contributed by atoms with E-state index in [0.717, 1.165) is 44.0 Å². The lowest BCUT2D eigenvalue weighted by Gasteiger charge is -2.41. The van der Waals surface area contributed by atoms with Crippen LogP contribution in [0.4, 0.5) is 5.82 Å². The fourth-order valence-corrected chi connectivity index (χ4v) is 3.51. The quantitative estimate of drug-likeness (QED) is 0.475. The van der Waals surface area contributed by atoms with Crippen molar-refractivity contribution in [2.75, 3.05) is 32.6 Å². The molecule has 0 unspecified atom stereocenters. The van der Waals surface area contributed by atoms with Crippen molar-refractivity contribution in [3.63, 3.8) is 0 Å². The summed E-state index contributed by atoms with van der Waals surface area (Å²) in [6.45, 7) is 2.04. The number of methoxy groups -OCH3 is 1. The molecule has 1 aromatic heterocycles. The SMILES string of the molecule is CNC(=O)C1(Nc2ccnn2C)CCN(Cc2cccc(OC)c2)CC1.O=CO.O=CO. The normalized spacial score (nSPS) is 14.5. The fourth-order valence-electron chi connectivity index (χ4n) is 3.51. The molecule has 1 saturated heterocycles. The van der Waals surface area contributed by atoms with Crippen LogP contribution in [-0.2, 0) is 28.0 Å². The molecule has 32 heavy (non-hydrogen) atoms. The molecule has 0 bridgehead atoms. The molecular formula is C21H31N5O6. The van der Waals surface area contributed by atoms with Gasteiger partial charge in [-0.1, -0.05) is 12.1 Å². The van der Waals surface area contributed by atoms with Crippen LogP contribution >= 0.6 is 0 Å². The number of carbonyl (C=O) groups is 3. The highest BCUT2D eigenvalue weighted by molar-refractivity contribution is 5.89. The van der Waals surface area contributed by atoms with Gasteiger partial charge >= 0.3 is 0 Å². The second-order valence-corrected chi connectivity index (χ2v) is 6.96. The molecule has 176 valence electrons. The summed E-state index contributed by atoms with van der Waals surface area (Å²) in [6, 6.07) is 10.0. The van der Waals surface area contributed by atoms with E-state index < -0.39 is 5.54 Å². The summed E-state index contributed by atoms with van der Waals surface area (Å²) in [6.07, 6.45) is 3.21. The number of aromatic nitrogens is 2. The van der Waals surface area contributed by atoms with Gasteiger partial charge < -0.3 is 25.6 Å². The van der Waals surface area contributed by atoms with Gasteiger partial charge in [-0.3, -0.25) is 24.0 Å². The van der Waals surface area contributed by atoms with Crippen molar-refractivity contribution < 1.29 is 29.3 Å². The predicted octanol–water partition coefficient (Wildman–Crippen LogP) is 1.02. The molecule has 1 aliphatic rings. The molecule has 11 heteroatoms. The van der Waals surface area contributed by atoms with Crippen LogP contribution < -0.4 is 15.4 Å². The van der Waals surface area contributed by atoms with Crippen LogP contribution in [0, 0.1) is 0 Å². The summed E-state index contributed by atoms with van der Waals surface area (Å²) in [7, 11) is 5.25. The van der Waals surface area contributed by atoms with Crippen molar-refractivity contribution in [1.29, 1.82) is 0 Å². The number of likely N-dealkylation sites (N-methyl/N-ethyl adjacent to an activating group) is 1. The van der Waals surface area contributed by atoms with Gasteiger partial charge in [0.25, 0.3) is 12.9 Å². The molecule has 0 atom stereocenters. The van der Waals surface area contributed by atoms with Crippen molar-refractivity contribution >= 4 is 24.7 Å². The van der Waals surface area contributed by atoms with Gasteiger partial charge in [-0.05, 0) is 30.5 Å². The van der Waals surface area contributed by atoms with Crippen molar-refractivity contribution in [2.24, 2.45) is 7.05 Å². The Balaban J connectivity index is 0.000000769. The Bertz CT molecular complexity index is 843. The molecule has 1 amide bonds. The Morgan fingerprint density at radius 1 is 1.22 bits per heavy atom. The van der Waals surface area contributed by atoms with Crippen LogP contribution in [0.25, 0.3) is 0 Å². The number of piperidine rings is 1. The van der Waals surface area contributed by atoms with Crippen LogP contribution in [0.2, 0.25) is 0 Å². The summed E-state index contributed by atoms with van der Waals surface area (Å²) in [4.78, 5) is 31.7. The van der Waals surface area contributed by atoms with Gasteiger partial charge in [0.2, 0.25) is 5.91 Å². The Morgan fingerprint density at radius 2 is 1.84 bits per heavy atom. The smallest absolute Gasteiger partial charge is 0.290 e. The maximum atomic E-state index is 12.6. The fraction of sp³-hybridized carbons (Fsp3) is 0.429. The minimum atomic E-state index is -0.604. The van der Waals surface area contributed by atoms with E-state index in [4.69, 9.17) is 24.5 Å². The van der Waals surface area contributed by atoms with E-state index in [0.29, 0.717) is 0 Å². The van der Waals surface area contributed by atoms with Crippen molar-refractivity contribution in [3.8, 4) is 5.75 Å². The summed E-state index contributed by atoms with van der Waals surface area (Å²) in [5.74, 6) is 1.76. The van der Waals surface area contributed by atoms with Gasteiger partial charge in [0.15, 0.2) is 0 Å². The Labute approximate surface area is 187 Å². The second-order valence-electron chi connectivity index (χ2n) is 6.96. The highest BCUT2D eigenvalue weighted by Crippen LogP contribution is 2.28. The Kier molecular flexibility index (Phi) is 11.3. The Morgan fingerprint density at radius 3 is 2.34 bits per heavy atom. The number of amides is 1. The number of rotatable bonds is 6.